The first-order valence-corrected chi connectivity index (χ1v) is 2.77. The number of rotatable bonds is 1. The third kappa shape index (κ3) is 1.99. The van der Waals surface area contributed by atoms with Crippen molar-refractivity contribution >= 4 is 5.97 Å². The molecule has 1 atom stereocenters. The van der Waals surface area contributed by atoms with E-state index in [1.165, 1.54) is 0 Å². The summed E-state index contributed by atoms with van der Waals surface area (Å²) in [6, 6.07) is -0.269. The molecule has 1 aliphatic heterocycles. The highest BCUT2D eigenvalue weighted by Gasteiger charge is 2.20. The van der Waals surface area contributed by atoms with Crippen LogP contribution >= 0.6 is 0 Å². The monoisotopic (exact) mass is 133 g/mol. The molecule has 0 bridgehead atoms. The van der Waals surface area contributed by atoms with Crippen LogP contribution < -0.4 is 5.32 Å². The zero-order valence-electron chi connectivity index (χ0n) is 5.05. The molecule has 0 unspecified atom stereocenters. The molecule has 1 aliphatic rings. The lowest BCUT2D eigenvalue weighted by atomic mass is 10.2. The summed E-state index contributed by atoms with van der Waals surface area (Å²) in [4.78, 5) is 10.1. The Balaban J connectivity index is 0.000000640. The first kappa shape index (κ1) is 8.39. The average molecular weight is 133 g/mol. The van der Waals surface area contributed by atoms with Crippen LogP contribution in [-0.4, -0.2) is 29.1 Å². The molecule has 0 radical (unpaired) electrons. The first-order chi connectivity index (χ1) is 3.80. The second-order valence-electron chi connectivity index (χ2n) is 1.99. The topological polar surface area (TPSA) is 80.8 Å². The molecule has 0 aromatic carbocycles. The van der Waals surface area contributed by atoms with Gasteiger partial charge in [0.2, 0.25) is 0 Å². The van der Waals surface area contributed by atoms with Gasteiger partial charge in [0.25, 0.3) is 0 Å². The van der Waals surface area contributed by atoms with E-state index in [9.17, 15) is 4.79 Å². The zero-order valence-corrected chi connectivity index (χ0v) is 5.05. The number of hydrogen-bond acceptors (Lipinski definition) is 2. The molecule has 0 aliphatic carbocycles. The molecule has 0 amide bonds. The molecule has 0 spiro atoms. The van der Waals surface area contributed by atoms with Crippen LogP contribution in [0.1, 0.15) is 12.8 Å². The van der Waals surface area contributed by atoms with Gasteiger partial charge in [-0.15, -0.1) is 0 Å². The van der Waals surface area contributed by atoms with E-state index < -0.39 is 5.97 Å². The highest BCUT2D eigenvalue weighted by atomic mass is 16.4. The van der Waals surface area contributed by atoms with Crippen LogP contribution in [0.15, 0.2) is 0 Å². The van der Waals surface area contributed by atoms with Gasteiger partial charge in [-0.25, -0.2) is 0 Å². The molecule has 0 aromatic heterocycles. The molecule has 9 heavy (non-hydrogen) atoms. The number of nitrogens with one attached hydrogen (secondary N) is 1. The number of hydrogen-bond donors (Lipinski definition) is 2. The van der Waals surface area contributed by atoms with E-state index in [1.54, 1.807) is 0 Å². The lowest BCUT2D eigenvalue weighted by Crippen LogP contribution is -2.29. The minimum atomic E-state index is -0.720. The van der Waals surface area contributed by atoms with Crippen LogP contribution in [0.2, 0.25) is 0 Å². The third-order valence-electron chi connectivity index (χ3n) is 1.36. The van der Waals surface area contributed by atoms with E-state index in [0.29, 0.717) is 0 Å². The van der Waals surface area contributed by atoms with E-state index in [0.717, 1.165) is 19.4 Å². The largest absolute Gasteiger partial charge is 0.480 e. The molecule has 1 rings (SSSR count). The smallest absolute Gasteiger partial charge is 0.320 e. The van der Waals surface area contributed by atoms with Crippen molar-refractivity contribution in [2.24, 2.45) is 0 Å². The predicted octanol–water partition coefficient (Wildman–Crippen LogP) is -1.00. The van der Waals surface area contributed by atoms with Gasteiger partial charge in [-0.05, 0) is 19.4 Å². The second kappa shape index (κ2) is 3.42. The summed E-state index contributed by atoms with van der Waals surface area (Å²) in [5.41, 5.74) is 0. The van der Waals surface area contributed by atoms with Crippen molar-refractivity contribution in [3.05, 3.63) is 0 Å². The lowest BCUT2D eigenvalue weighted by Gasteiger charge is -1.99. The molecule has 4 nitrogen and oxygen atoms in total. The van der Waals surface area contributed by atoms with Gasteiger partial charge in [-0.3, -0.25) is 4.79 Å². The quantitative estimate of drug-likeness (QED) is 0.481. The van der Waals surface area contributed by atoms with Crippen molar-refractivity contribution < 1.29 is 15.4 Å². The molecule has 4 N–H and O–H groups in total. The van der Waals surface area contributed by atoms with E-state index in [1.807, 2.05) is 0 Å². The van der Waals surface area contributed by atoms with Gasteiger partial charge in [0, 0.05) is 0 Å². The average Bonchev–Trinajstić information content (AvgIpc) is 2.12. The molecule has 54 valence electrons. The highest BCUT2D eigenvalue weighted by Crippen LogP contribution is 2.03. The first-order valence-electron chi connectivity index (χ1n) is 2.77. The van der Waals surface area contributed by atoms with Crippen LogP contribution in [-0.2, 0) is 4.79 Å². The van der Waals surface area contributed by atoms with Gasteiger partial charge in [-0.2, -0.15) is 0 Å². The molecule has 0 saturated carbocycles. The van der Waals surface area contributed by atoms with Crippen LogP contribution in [0.4, 0.5) is 0 Å². The minimum Gasteiger partial charge on any atom is -0.480 e. The summed E-state index contributed by atoms with van der Waals surface area (Å²) in [5.74, 6) is -0.720. The van der Waals surface area contributed by atoms with Gasteiger partial charge < -0.3 is 15.9 Å². The molecule has 1 fully saturated rings. The molecule has 0 aromatic rings. The van der Waals surface area contributed by atoms with E-state index in [-0.39, 0.29) is 11.5 Å². The maximum atomic E-state index is 10.1. The summed E-state index contributed by atoms with van der Waals surface area (Å²) in [6.45, 7) is 0.858. The predicted molar refractivity (Wildman–Crippen MR) is 32.3 cm³/mol. The molecular formula is C5H11NO3. The van der Waals surface area contributed by atoms with Crippen molar-refractivity contribution in [2.75, 3.05) is 6.54 Å². The van der Waals surface area contributed by atoms with Crippen LogP contribution in [0.25, 0.3) is 0 Å². The Morgan fingerprint density at radius 2 is 2.33 bits per heavy atom. The Hall–Kier alpha value is -0.610. The van der Waals surface area contributed by atoms with Crippen molar-refractivity contribution in [2.45, 2.75) is 18.9 Å². The fourth-order valence-electron chi connectivity index (χ4n) is 0.895. The summed E-state index contributed by atoms with van der Waals surface area (Å²) < 4.78 is 0. The fourth-order valence-corrected chi connectivity index (χ4v) is 0.895. The maximum absolute atomic E-state index is 10.1. The normalized spacial score (nSPS) is 25.1. The van der Waals surface area contributed by atoms with Crippen molar-refractivity contribution in [1.29, 1.82) is 0 Å². The Labute approximate surface area is 53.2 Å². The van der Waals surface area contributed by atoms with Gasteiger partial charge >= 0.3 is 5.97 Å². The molecule has 4 heteroatoms. The number of carbonyl (C=O) groups is 1. The summed E-state index contributed by atoms with van der Waals surface area (Å²) in [6.07, 6.45) is 1.78. The van der Waals surface area contributed by atoms with Crippen molar-refractivity contribution in [1.82, 2.24) is 5.32 Å². The molecule has 1 heterocycles. The Bertz CT molecular complexity index is 98.4. The van der Waals surface area contributed by atoms with E-state index >= 15 is 0 Å². The minimum absolute atomic E-state index is 0. The van der Waals surface area contributed by atoms with Gasteiger partial charge in [0.05, 0.1) is 0 Å². The molecular weight excluding hydrogens is 122 g/mol. The van der Waals surface area contributed by atoms with Gasteiger partial charge in [-0.1, -0.05) is 0 Å². The third-order valence-corrected chi connectivity index (χ3v) is 1.36. The lowest BCUT2D eigenvalue weighted by molar-refractivity contribution is -0.139. The van der Waals surface area contributed by atoms with Gasteiger partial charge in [0.1, 0.15) is 6.04 Å². The van der Waals surface area contributed by atoms with E-state index in [4.69, 9.17) is 5.11 Å². The summed E-state index contributed by atoms with van der Waals surface area (Å²) in [7, 11) is 0. The standard InChI is InChI=1S/C5H9NO2.H2O/c7-5(8)4-2-1-3-6-4;/h4,6H,1-3H2,(H,7,8);1H2/t4-;/m0./s1. The van der Waals surface area contributed by atoms with Crippen molar-refractivity contribution in [3.8, 4) is 0 Å². The number of aliphatic carboxylic acids is 1. The Morgan fingerprint density at radius 3 is 2.56 bits per heavy atom. The van der Waals surface area contributed by atoms with Crippen LogP contribution in [0.3, 0.4) is 0 Å². The summed E-state index contributed by atoms with van der Waals surface area (Å²) >= 11 is 0. The fraction of sp³-hybridized carbons (Fsp3) is 0.800. The maximum Gasteiger partial charge on any atom is 0.320 e. The van der Waals surface area contributed by atoms with Gasteiger partial charge in [0.15, 0.2) is 0 Å². The Kier molecular flexibility index (Phi) is 3.19. The summed E-state index contributed by atoms with van der Waals surface area (Å²) in [5, 5.41) is 11.2. The number of carboxylic acid groups (broad SMARTS) is 1. The number of carboxylic acids is 1. The van der Waals surface area contributed by atoms with E-state index in [2.05, 4.69) is 5.32 Å². The SMILES string of the molecule is O.O=C(O)[C@@H]1CCCN1. The second-order valence-corrected chi connectivity index (χ2v) is 1.99. The van der Waals surface area contributed by atoms with Crippen molar-refractivity contribution in [3.63, 3.8) is 0 Å². The zero-order chi connectivity index (χ0) is 5.98. The van der Waals surface area contributed by atoms with Crippen LogP contribution in [0.5, 0.6) is 0 Å². The van der Waals surface area contributed by atoms with Crippen LogP contribution in [0, 0.1) is 0 Å². The Morgan fingerprint density at radius 1 is 1.67 bits per heavy atom. The molecule has 1 saturated heterocycles. The highest BCUT2D eigenvalue weighted by molar-refractivity contribution is 5.73.